The summed E-state index contributed by atoms with van der Waals surface area (Å²) in [6.45, 7) is 4.49. The standard InChI is InChI=1S/C24H34FN5O3/c1-16(2)22-23(32)28(19-7-5-4-6-8-19)14-20-29(22)21(31)15-27(3)30(20)24(33)26-13-17-9-11-18(25)12-10-17/h9-12,16,19-20,22H,4-8,13-15H2,1-3H3,(H,26,33)/t20-,22-/m0/s1. The number of piperazine rings is 1. The maximum absolute atomic E-state index is 13.5. The topological polar surface area (TPSA) is 76.2 Å². The highest BCUT2D eigenvalue weighted by Crippen LogP contribution is 2.33. The predicted molar refractivity (Wildman–Crippen MR) is 121 cm³/mol. The molecule has 3 fully saturated rings. The summed E-state index contributed by atoms with van der Waals surface area (Å²) in [4.78, 5) is 43.5. The number of nitrogens with one attached hydrogen (secondary N) is 1. The van der Waals surface area contributed by atoms with Crippen LogP contribution in [0.25, 0.3) is 0 Å². The molecular weight excluding hydrogens is 425 g/mol. The van der Waals surface area contributed by atoms with Crippen LogP contribution in [0.4, 0.5) is 9.18 Å². The summed E-state index contributed by atoms with van der Waals surface area (Å²) in [5.74, 6) is -0.537. The maximum atomic E-state index is 13.5. The lowest BCUT2D eigenvalue weighted by molar-refractivity contribution is -0.192. The van der Waals surface area contributed by atoms with Crippen molar-refractivity contribution in [3.63, 3.8) is 0 Å². The van der Waals surface area contributed by atoms with E-state index in [1.165, 1.54) is 18.6 Å². The second-order valence-corrected chi connectivity index (χ2v) is 9.70. The lowest BCUT2D eigenvalue weighted by atomic mass is 9.90. The summed E-state index contributed by atoms with van der Waals surface area (Å²) < 4.78 is 13.2. The quantitative estimate of drug-likeness (QED) is 0.751. The Kier molecular flexibility index (Phi) is 6.88. The van der Waals surface area contributed by atoms with Gasteiger partial charge in [0.05, 0.1) is 13.1 Å². The fraction of sp³-hybridized carbons (Fsp3) is 0.625. The highest BCUT2D eigenvalue weighted by Gasteiger charge is 2.52. The molecule has 2 aliphatic heterocycles. The minimum Gasteiger partial charge on any atom is -0.334 e. The van der Waals surface area contributed by atoms with Crippen molar-refractivity contribution in [1.29, 1.82) is 0 Å². The van der Waals surface area contributed by atoms with Gasteiger partial charge in [0.1, 0.15) is 18.0 Å². The summed E-state index contributed by atoms with van der Waals surface area (Å²) in [6, 6.07) is 5.20. The summed E-state index contributed by atoms with van der Waals surface area (Å²) in [7, 11) is 1.72. The van der Waals surface area contributed by atoms with Crippen molar-refractivity contribution in [3.05, 3.63) is 35.6 Å². The van der Waals surface area contributed by atoms with Crippen LogP contribution in [0.15, 0.2) is 24.3 Å². The molecule has 9 heteroatoms. The molecule has 1 aromatic rings. The van der Waals surface area contributed by atoms with Gasteiger partial charge in [-0.05, 0) is 36.5 Å². The first-order valence-electron chi connectivity index (χ1n) is 11.9. The number of halogens is 1. The van der Waals surface area contributed by atoms with Crippen LogP contribution in [-0.4, -0.2) is 76.0 Å². The van der Waals surface area contributed by atoms with Crippen LogP contribution < -0.4 is 5.32 Å². The first-order chi connectivity index (χ1) is 15.8. The molecule has 33 heavy (non-hydrogen) atoms. The number of carbonyl (C=O) groups is 3. The monoisotopic (exact) mass is 459 g/mol. The molecule has 1 aromatic carbocycles. The molecule has 2 saturated heterocycles. The van der Waals surface area contributed by atoms with Gasteiger partial charge in [-0.1, -0.05) is 45.2 Å². The van der Waals surface area contributed by atoms with Crippen molar-refractivity contribution >= 4 is 17.8 Å². The zero-order valence-electron chi connectivity index (χ0n) is 19.7. The fourth-order valence-electron chi connectivity index (χ4n) is 5.41. The average Bonchev–Trinajstić information content (AvgIpc) is 2.79. The molecule has 8 nitrogen and oxygen atoms in total. The van der Waals surface area contributed by atoms with E-state index >= 15 is 0 Å². The Morgan fingerprint density at radius 2 is 1.79 bits per heavy atom. The van der Waals surface area contributed by atoms with E-state index in [1.807, 2.05) is 18.7 Å². The van der Waals surface area contributed by atoms with Gasteiger partial charge in [0.25, 0.3) is 0 Å². The fourth-order valence-corrected chi connectivity index (χ4v) is 5.41. The van der Waals surface area contributed by atoms with Gasteiger partial charge in [-0.15, -0.1) is 0 Å². The number of hydrazine groups is 1. The first-order valence-corrected chi connectivity index (χ1v) is 11.9. The zero-order valence-corrected chi connectivity index (χ0v) is 19.7. The lowest BCUT2D eigenvalue weighted by Gasteiger charge is -2.56. The largest absolute Gasteiger partial charge is 0.334 e. The van der Waals surface area contributed by atoms with Gasteiger partial charge in [-0.25, -0.2) is 19.2 Å². The van der Waals surface area contributed by atoms with Crippen LogP contribution in [0.2, 0.25) is 0 Å². The van der Waals surface area contributed by atoms with Gasteiger partial charge in [0, 0.05) is 19.6 Å². The third-order valence-electron chi connectivity index (χ3n) is 7.03. The van der Waals surface area contributed by atoms with Gasteiger partial charge < -0.3 is 15.1 Å². The number of benzene rings is 1. The van der Waals surface area contributed by atoms with Crippen molar-refractivity contribution in [2.24, 2.45) is 5.92 Å². The summed E-state index contributed by atoms with van der Waals surface area (Å²) >= 11 is 0. The molecule has 4 amide bonds. The molecule has 4 rings (SSSR count). The summed E-state index contributed by atoms with van der Waals surface area (Å²) in [5.41, 5.74) is 0.778. The van der Waals surface area contributed by atoms with Crippen molar-refractivity contribution in [1.82, 2.24) is 25.1 Å². The molecule has 1 aliphatic carbocycles. The van der Waals surface area contributed by atoms with Crippen LogP contribution in [0.1, 0.15) is 51.5 Å². The van der Waals surface area contributed by atoms with E-state index in [1.54, 1.807) is 34.1 Å². The second-order valence-electron chi connectivity index (χ2n) is 9.70. The normalized spacial score (nSPS) is 24.9. The first kappa shape index (κ1) is 23.5. The number of fused-ring (bicyclic) bond motifs is 1. The maximum Gasteiger partial charge on any atom is 0.334 e. The average molecular weight is 460 g/mol. The van der Waals surface area contributed by atoms with E-state index in [9.17, 15) is 18.8 Å². The van der Waals surface area contributed by atoms with Crippen LogP contribution >= 0.6 is 0 Å². The molecule has 0 spiro atoms. The van der Waals surface area contributed by atoms with Crippen molar-refractivity contribution in [2.75, 3.05) is 20.1 Å². The van der Waals surface area contributed by atoms with E-state index in [2.05, 4.69) is 5.32 Å². The Balaban J connectivity index is 1.58. The predicted octanol–water partition coefficient (Wildman–Crippen LogP) is 2.55. The van der Waals surface area contributed by atoms with Crippen LogP contribution in [0.5, 0.6) is 0 Å². The number of urea groups is 1. The molecular formula is C24H34FN5O3. The number of likely N-dealkylation sites (N-methyl/N-ethyl adjacent to an activating group) is 1. The number of amides is 4. The van der Waals surface area contributed by atoms with E-state index < -0.39 is 12.2 Å². The van der Waals surface area contributed by atoms with Crippen molar-refractivity contribution in [3.8, 4) is 0 Å². The molecule has 0 bridgehead atoms. The molecule has 0 radical (unpaired) electrons. The number of rotatable bonds is 4. The Morgan fingerprint density at radius 1 is 1.12 bits per heavy atom. The summed E-state index contributed by atoms with van der Waals surface area (Å²) in [5, 5.41) is 6.10. The van der Waals surface area contributed by atoms with Gasteiger partial charge in [-0.2, -0.15) is 0 Å². The van der Waals surface area contributed by atoms with E-state index in [0.717, 1.165) is 31.2 Å². The van der Waals surface area contributed by atoms with Gasteiger partial charge in [0.15, 0.2) is 0 Å². The highest BCUT2D eigenvalue weighted by molar-refractivity contribution is 5.91. The number of nitrogens with zero attached hydrogens (tertiary/aromatic N) is 4. The minimum atomic E-state index is -0.584. The molecule has 0 aromatic heterocycles. The second kappa shape index (κ2) is 9.67. The third-order valence-corrected chi connectivity index (χ3v) is 7.03. The Morgan fingerprint density at radius 3 is 2.42 bits per heavy atom. The van der Waals surface area contributed by atoms with Gasteiger partial charge in [-0.3, -0.25) is 9.59 Å². The van der Waals surface area contributed by atoms with E-state index in [-0.39, 0.29) is 48.7 Å². The molecule has 2 heterocycles. The third kappa shape index (κ3) is 4.69. The van der Waals surface area contributed by atoms with Crippen molar-refractivity contribution < 1.29 is 18.8 Å². The summed E-state index contributed by atoms with van der Waals surface area (Å²) in [6.07, 6.45) is 4.73. The molecule has 1 saturated carbocycles. The van der Waals surface area contributed by atoms with E-state index in [0.29, 0.717) is 6.54 Å². The van der Waals surface area contributed by atoms with Gasteiger partial charge in [0.2, 0.25) is 11.8 Å². The van der Waals surface area contributed by atoms with Crippen molar-refractivity contribution in [2.45, 2.75) is 70.7 Å². The molecule has 180 valence electrons. The number of hydrogen-bond acceptors (Lipinski definition) is 4. The van der Waals surface area contributed by atoms with Crippen LogP contribution in [0, 0.1) is 11.7 Å². The van der Waals surface area contributed by atoms with Crippen LogP contribution in [-0.2, 0) is 16.1 Å². The molecule has 3 aliphatic rings. The SMILES string of the molecule is CC(C)[C@H]1C(=O)N(C2CCCCC2)C[C@H]2N1C(=O)CN(C)N2C(=O)NCc1ccc(F)cc1. The lowest BCUT2D eigenvalue weighted by Crippen LogP contribution is -2.77. The highest BCUT2D eigenvalue weighted by atomic mass is 19.1. The smallest absolute Gasteiger partial charge is 0.334 e. The molecule has 2 atom stereocenters. The Labute approximate surface area is 194 Å². The molecule has 0 unspecified atom stereocenters. The molecule has 1 N–H and O–H groups in total. The Bertz CT molecular complexity index is 887. The zero-order chi connectivity index (χ0) is 23.7. The minimum absolute atomic E-state index is 0.00211. The Hall–Kier alpha value is -2.68. The number of carbonyl (C=O) groups excluding carboxylic acids is 3. The van der Waals surface area contributed by atoms with Crippen LogP contribution in [0.3, 0.4) is 0 Å². The number of hydrogen-bond donors (Lipinski definition) is 1. The van der Waals surface area contributed by atoms with E-state index in [4.69, 9.17) is 0 Å². The van der Waals surface area contributed by atoms with Gasteiger partial charge >= 0.3 is 6.03 Å².